The zero-order valence-corrected chi connectivity index (χ0v) is 22.7. The number of rotatable bonds is 9. The number of ether oxygens (including phenoxy) is 2. The van der Waals surface area contributed by atoms with Crippen molar-refractivity contribution in [2.75, 3.05) is 25.1 Å². The monoisotopic (exact) mass is 530 g/mol. The van der Waals surface area contributed by atoms with E-state index in [1.54, 1.807) is 30.3 Å². The minimum atomic E-state index is -0.340. The average molecular weight is 531 g/mol. The van der Waals surface area contributed by atoms with Gasteiger partial charge < -0.3 is 14.8 Å². The van der Waals surface area contributed by atoms with Crippen LogP contribution in [0.4, 0.5) is 10.5 Å². The number of nitrogens with zero attached hydrogens (tertiary/aromatic N) is 1. The minimum Gasteiger partial charge on any atom is -0.491 e. The quantitative estimate of drug-likeness (QED) is 0.339. The van der Waals surface area contributed by atoms with E-state index in [2.05, 4.69) is 5.32 Å². The molecule has 0 saturated carbocycles. The number of carbonyl (C=O) groups is 3. The zero-order chi connectivity index (χ0) is 27.2. The maximum Gasteiger partial charge on any atom is 0.293 e. The molecule has 1 saturated heterocycles. The van der Waals surface area contributed by atoms with Crippen molar-refractivity contribution in [3.05, 3.63) is 93.4 Å². The number of aryl methyl sites for hydroxylation is 4. The molecule has 0 radical (unpaired) electrons. The highest BCUT2D eigenvalue weighted by molar-refractivity contribution is 8.18. The van der Waals surface area contributed by atoms with Crippen molar-refractivity contribution in [2.24, 2.45) is 0 Å². The molecule has 0 aliphatic carbocycles. The number of hydrogen-bond acceptors (Lipinski definition) is 6. The van der Waals surface area contributed by atoms with Gasteiger partial charge in [0, 0.05) is 5.69 Å². The number of imide groups is 1. The van der Waals surface area contributed by atoms with E-state index in [0.29, 0.717) is 10.7 Å². The molecule has 196 valence electrons. The van der Waals surface area contributed by atoms with E-state index >= 15 is 0 Å². The van der Waals surface area contributed by atoms with E-state index in [-0.39, 0.29) is 36.8 Å². The van der Waals surface area contributed by atoms with Gasteiger partial charge in [-0.3, -0.25) is 19.3 Å². The molecular formula is C30H30N2O5S. The predicted molar refractivity (Wildman–Crippen MR) is 151 cm³/mol. The van der Waals surface area contributed by atoms with Crippen LogP contribution in [0.5, 0.6) is 11.5 Å². The number of anilines is 1. The third-order valence-corrected chi connectivity index (χ3v) is 7.04. The molecule has 0 spiro atoms. The second-order valence-electron chi connectivity index (χ2n) is 9.16. The molecule has 3 amide bonds. The second-order valence-corrected chi connectivity index (χ2v) is 10.1. The number of nitrogens with one attached hydrogen (secondary N) is 1. The summed E-state index contributed by atoms with van der Waals surface area (Å²) in [5.41, 5.74) is 5.81. The van der Waals surface area contributed by atoms with Gasteiger partial charge in [0.2, 0.25) is 0 Å². The van der Waals surface area contributed by atoms with Crippen LogP contribution >= 0.6 is 11.8 Å². The first-order valence-corrected chi connectivity index (χ1v) is 13.1. The van der Waals surface area contributed by atoms with Crippen LogP contribution < -0.4 is 14.8 Å². The Balaban J connectivity index is 1.28. The van der Waals surface area contributed by atoms with Crippen molar-refractivity contribution in [3.8, 4) is 11.5 Å². The molecule has 3 aromatic carbocycles. The molecule has 0 bridgehead atoms. The minimum absolute atomic E-state index is 0.130. The molecule has 1 N–H and O–H groups in total. The fourth-order valence-corrected chi connectivity index (χ4v) is 4.64. The van der Waals surface area contributed by atoms with Gasteiger partial charge in [-0.15, -0.1) is 0 Å². The molecule has 7 nitrogen and oxygen atoms in total. The number of thioether (sulfide) groups is 1. The van der Waals surface area contributed by atoms with Gasteiger partial charge in [-0.25, -0.2) is 0 Å². The summed E-state index contributed by atoms with van der Waals surface area (Å²) in [6.45, 7) is 8.21. The van der Waals surface area contributed by atoms with Crippen LogP contribution in [0, 0.1) is 27.7 Å². The van der Waals surface area contributed by atoms with Gasteiger partial charge in [-0.1, -0.05) is 30.3 Å². The average Bonchev–Trinajstić information content (AvgIpc) is 3.15. The van der Waals surface area contributed by atoms with Crippen LogP contribution in [0.25, 0.3) is 6.08 Å². The third kappa shape index (κ3) is 6.83. The summed E-state index contributed by atoms with van der Waals surface area (Å²) < 4.78 is 11.4. The lowest BCUT2D eigenvalue weighted by molar-refractivity contribution is -0.123. The van der Waals surface area contributed by atoms with Crippen LogP contribution in [0.2, 0.25) is 0 Å². The Morgan fingerprint density at radius 3 is 2.37 bits per heavy atom. The Morgan fingerprint density at radius 1 is 0.895 bits per heavy atom. The van der Waals surface area contributed by atoms with E-state index in [0.717, 1.165) is 51.0 Å². The van der Waals surface area contributed by atoms with Crippen molar-refractivity contribution in [1.29, 1.82) is 0 Å². The van der Waals surface area contributed by atoms with E-state index in [1.165, 1.54) is 4.90 Å². The Hall–Kier alpha value is -4.04. The SMILES string of the molecule is Cc1ccc(C)c(OCCN2C(=O)S/C(=C\c3ccc(OCC(=O)Nc4ccc(C)c(C)c4)cc3)C2=O)c1. The van der Waals surface area contributed by atoms with Gasteiger partial charge in [0.1, 0.15) is 18.1 Å². The van der Waals surface area contributed by atoms with Crippen LogP contribution in [-0.2, 0) is 9.59 Å². The predicted octanol–water partition coefficient (Wildman–Crippen LogP) is 6.05. The van der Waals surface area contributed by atoms with E-state index in [1.807, 2.05) is 64.1 Å². The van der Waals surface area contributed by atoms with Crippen LogP contribution in [0.3, 0.4) is 0 Å². The van der Waals surface area contributed by atoms with Crippen molar-refractivity contribution < 1.29 is 23.9 Å². The zero-order valence-electron chi connectivity index (χ0n) is 21.9. The van der Waals surface area contributed by atoms with Gasteiger partial charge in [0.05, 0.1) is 11.4 Å². The lowest BCUT2D eigenvalue weighted by Crippen LogP contribution is -2.32. The highest BCUT2D eigenvalue weighted by atomic mass is 32.2. The van der Waals surface area contributed by atoms with Crippen LogP contribution in [0.1, 0.15) is 27.8 Å². The Kier molecular flexibility index (Phi) is 8.53. The highest BCUT2D eigenvalue weighted by Gasteiger charge is 2.34. The van der Waals surface area contributed by atoms with Crippen LogP contribution in [0.15, 0.2) is 65.6 Å². The molecule has 3 aromatic rings. The largest absolute Gasteiger partial charge is 0.491 e. The summed E-state index contributed by atoms with van der Waals surface area (Å²) in [5, 5.41) is 2.50. The Morgan fingerprint density at radius 2 is 1.63 bits per heavy atom. The maximum atomic E-state index is 12.8. The van der Waals surface area contributed by atoms with Gasteiger partial charge >= 0.3 is 0 Å². The number of benzene rings is 3. The summed E-state index contributed by atoms with van der Waals surface area (Å²) in [4.78, 5) is 39.0. The molecule has 1 aliphatic heterocycles. The molecule has 0 unspecified atom stereocenters. The molecule has 1 heterocycles. The van der Waals surface area contributed by atoms with Crippen molar-refractivity contribution in [3.63, 3.8) is 0 Å². The standard InChI is InChI=1S/C30H30N2O5S/c1-19-5-6-21(3)26(15-19)36-14-13-32-29(34)27(38-30(32)35)17-23-8-11-25(12-9-23)37-18-28(33)31-24-10-7-20(2)22(4)16-24/h5-12,15-17H,13-14,18H2,1-4H3,(H,31,33)/b27-17-. The molecule has 8 heteroatoms. The fourth-order valence-electron chi connectivity index (χ4n) is 3.78. The fraction of sp³-hybridized carbons (Fsp3) is 0.233. The third-order valence-electron chi connectivity index (χ3n) is 6.13. The molecule has 4 rings (SSSR count). The first-order valence-electron chi connectivity index (χ1n) is 12.2. The van der Waals surface area contributed by atoms with E-state index < -0.39 is 0 Å². The topological polar surface area (TPSA) is 84.9 Å². The number of amides is 3. The van der Waals surface area contributed by atoms with E-state index in [9.17, 15) is 14.4 Å². The summed E-state index contributed by atoms with van der Waals surface area (Å²) in [5.74, 6) is 0.673. The van der Waals surface area contributed by atoms with Crippen molar-refractivity contribution in [1.82, 2.24) is 4.90 Å². The lowest BCUT2D eigenvalue weighted by Gasteiger charge is -2.14. The highest BCUT2D eigenvalue weighted by Crippen LogP contribution is 2.32. The molecule has 1 fully saturated rings. The molecule has 0 atom stereocenters. The summed E-state index contributed by atoms with van der Waals surface area (Å²) in [7, 11) is 0. The lowest BCUT2D eigenvalue weighted by atomic mass is 10.1. The first kappa shape index (κ1) is 27.0. The second kappa shape index (κ2) is 12.0. The summed E-state index contributed by atoms with van der Waals surface area (Å²) in [6.07, 6.45) is 1.67. The van der Waals surface area contributed by atoms with Crippen molar-refractivity contribution in [2.45, 2.75) is 27.7 Å². The molecule has 1 aliphatic rings. The smallest absolute Gasteiger partial charge is 0.293 e. The number of carbonyl (C=O) groups excluding carboxylic acids is 3. The maximum absolute atomic E-state index is 12.8. The van der Waals surface area contributed by atoms with E-state index in [4.69, 9.17) is 9.47 Å². The van der Waals surface area contributed by atoms with Crippen LogP contribution in [-0.4, -0.2) is 41.7 Å². The molecular weight excluding hydrogens is 500 g/mol. The summed E-state index contributed by atoms with van der Waals surface area (Å²) in [6, 6.07) is 18.6. The normalized spacial score (nSPS) is 14.2. The first-order chi connectivity index (χ1) is 18.2. The van der Waals surface area contributed by atoms with Gasteiger partial charge in [-0.2, -0.15) is 0 Å². The number of hydrogen-bond donors (Lipinski definition) is 1. The molecule has 0 aromatic heterocycles. The summed E-state index contributed by atoms with van der Waals surface area (Å²) >= 11 is 0.908. The van der Waals surface area contributed by atoms with Gasteiger partial charge in [0.25, 0.3) is 17.1 Å². The van der Waals surface area contributed by atoms with Crippen molar-refractivity contribution >= 4 is 40.6 Å². The van der Waals surface area contributed by atoms with Gasteiger partial charge in [-0.05, 0) is 104 Å². The Labute approximate surface area is 226 Å². The molecule has 38 heavy (non-hydrogen) atoms. The Bertz CT molecular complexity index is 1400. The van der Waals surface area contributed by atoms with Gasteiger partial charge in [0.15, 0.2) is 6.61 Å².